The van der Waals surface area contributed by atoms with Crippen LogP contribution in [0.15, 0.2) is 0 Å². The average Bonchev–Trinajstić information content (AvgIpc) is 2.26. The molecule has 1 rings (SSSR count). The van der Waals surface area contributed by atoms with E-state index < -0.39 is 0 Å². The van der Waals surface area contributed by atoms with Gasteiger partial charge in [-0.1, -0.05) is 20.3 Å². The summed E-state index contributed by atoms with van der Waals surface area (Å²) in [4.78, 5) is 0. The molecule has 0 aliphatic heterocycles. The summed E-state index contributed by atoms with van der Waals surface area (Å²) in [5.41, 5.74) is 0. The molecule has 0 bridgehead atoms. The molecule has 84 valence electrons. The predicted molar refractivity (Wildman–Crippen MR) is 60.3 cm³/mol. The molecule has 0 amide bonds. The number of nitrogens with one attached hydrogen (secondary N) is 1. The van der Waals surface area contributed by atoms with E-state index in [-0.39, 0.29) is 6.61 Å². The Bertz CT molecular complexity index is 137. The highest BCUT2D eigenvalue weighted by molar-refractivity contribution is 4.79. The Labute approximate surface area is 88.1 Å². The normalized spacial score (nSPS) is 30.2. The molecule has 0 radical (unpaired) electrons. The molecule has 14 heavy (non-hydrogen) atoms. The highest BCUT2D eigenvalue weighted by Gasteiger charge is 2.21. The van der Waals surface area contributed by atoms with Gasteiger partial charge in [0.25, 0.3) is 0 Å². The zero-order valence-electron chi connectivity index (χ0n) is 9.63. The highest BCUT2D eigenvalue weighted by atomic mass is 16.3. The summed E-state index contributed by atoms with van der Waals surface area (Å²) in [5.74, 6) is 0.960. The van der Waals surface area contributed by atoms with Crippen molar-refractivity contribution in [2.75, 3.05) is 6.61 Å². The van der Waals surface area contributed by atoms with Crippen molar-refractivity contribution in [3.63, 3.8) is 0 Å². The van der Waals surface area contributed by atoms with E-state index in [9.17, 15) is 0 Å². The van der Waals surface area contributed by atoms with Gasteiger partial charge in [-0.05, 0) is 38.0 Å². The third kappa shape index (κ3) is 3.58. The summed E-state index contributed by atoms with van der Waals surface area (Å²) in [6.07, 6.45) is 7.71. The lowest BCUT2D eigenvalue weighted by Gasteiger charge is -2.31. The molecular formula is C12H25NO. The van der Waals surface area contributed by atoms with Crippen molar-refractivity contribution in [2.24, 2.45) is 5.92 Å². The Balaban J connectivity index is 2.21. The quantitative estimate of drug-likeness (QED) is 0.712. The third-order valence-corrected chi connectivity index (χ3v) is 3.61. The van der Waals surface area contributed by atoms with Crippen molar-refractivity contribution in [1.82, 2.24) is 5.32 Å². The van der Waals surface area contributed by atoms with Crippen LogP contribution in [0.3, 0.4) is 0 Å². The van der Waals surface area contributed by atoms with Crippen molar-refractivity contribution in [3.8, 4) is 0 Å². The van der Waals surface area contributed by atoms with Gasteiger partial charge in [-0.15, -0.1) is 0 Å². The molecule has 2 nitrogen and oxygen atoms in total. The number of rotatable bonds is 5. The first-order valence-electron chi connectivity index (χ1n) is 6.17. The van der Waals surface area contributed by atoms with Crippen molar-refractivity contribution in [1.29, 1.82) is 0 Å². The monoisotopic (exact) mass is 199 g/mol. The van der Waals surface area contributed by atoms with Crippen LogP contribution in [0, 0.1) is 5.92 Å². The Kier molecular flexibility index (Phi) is 5.49. The van der Waals surface area contributed by atoms with Gasteiger partial charge in [0.1, 0.15) is 0 Å². The molecule has 0 spiro atoms. The molecule has 2 N–H and O–H groups in total. The van der Waals surface area contributed by atoms with E-state index in [1.54, 1.807) is 0 Å². The first kappa shape index (κ1) is 12.0. The van der Waals surface area contributed by atoms with Crippen LogP contribution in [0.1, 0.15) is 52.4 Å². The van der Waals surface area contributed by atoms with Crippen molar-refractivity contribution in [3.05, 3.63) is 0 Å². The maximum Gasteiger partial charge on any atom is 0.0584 e. The molecule has 0 aromatic heterocycles. The highest BCUT2D eigenvalue weighted by Crippen LogP contribution is 2.26. The minimum absolute atomic E-state index is 0.282. The summed E-state index contributed by atoms with van der Waals surface area (Å²) in [6.45, 7) is 4.71. The van der Waals surface area contributed by atoms with Crippen molar-refractivity contribution in [2.45, 2.75) is 64.5 Å². The third-order valence-electron chi connectivity index (χ3n) is 3.61. The van der Waals surface area contributed by atoms with Crippen LogP contribution >= 0.6 is 0 Å². The SMILES string of the molecule is CCC1CCC(NC(CC)CO)CC1. The van der Waals surface area contributed by atoms with Gasteiger partial charge in [0.05, 0.1) is 6.61 Å². The lowest BCUT2D eigenvalue weighted by atomic mass is 9.84. The van der Waals surface area contributed by atoms with Gasteiger partial charge in [-0.2, -0.15) is 0 Å². The van der Waals surface area contributed by atoms with E-state index in [0.717, 1.165) is 12.3 Å². The Morgan fingerprint density at radius 2 is 1.86 bits per heavy atom. The topological polar surface area (TPSA) is 32.3 Å². The summed E-state index contributed by atoms with van der Waals surface area (Å²) in [7, 11) is 0. The van der Waals surface area contributed by atoms with E-state index in [4.69, 9.17) is 5.11 Å². The largest absolute Gasteiger partial charge is 0.395 e. The van der Waals surface area contributed by atoms with Gasteiger partial charge in [0, 0.05) is 12.1 Å². The maximum atomic E-state index is 9.09. The van der Waals surface area contributed by atoms with Crippen LogP contribution in [-0.2, 0) is 0 Å². The molecule has 1 fully saturated rings. The maximum absolute atomic E-state index is 9.09. The molecular weight excluding hydrogens is 174 g/mol. The average molecular weight is 199 g/mol. The van der Waals surface area contributed by atoms with Gasteiger partial charge in [-0.3, -0.25) is 0 Å². The molecule has 1 saturated carbocycles. The predicted octanol–water partition coefficient (Wildman–Crippen LogP) is 2.32. The van der Waals surface area contributed by atoms with Crippen LogP contribution < -0.4 is 5.32 Å². The van der Waals surface area contributed by atoms with Gasteiger partial charge < -0.3 is 10.4 Å². The van der Waals surface area contributed by atoms with Crippen LogP contribution in [0.5, 0.6) is 0 Å². The minimum atomic E-state index is 0.282. The summed E-state index contributed by atoms with van der Waals surface area (Å²) >= 11 is 0. The Morgan fingerprint density at radius 1 is 1.21 bits per heavy atom. The summed E-state index contributed by atoms with van der Waals surface area (Å²) in [5, 5.41) is 12.6. The van der Waals surface area contributed by atoms with Crippen LogP contribution in [-0.4, -0.2) is 23.8 Å². The standard InChI is InChI=1S/C12H25NO/c1-3-10-5-7-12(8-6-10)13-11(4-2)9-14/h10-14H,3-9H2,1-2H3. The Morgan fingerprint density at radius 3 is 2.29 bits per heavy atom. The molecule has 1 aliphatic carbocycles. The van der Waals surface area contributed by atoms with Crippen LogP contribution in [0.25, 0.3) is 0 Å². The van der Waals surface area contributed by atoms with Gasteiger partial charge >= 0.3 is 0 Å². The molecule has 0 saturated heterocycles. The number of hydrogen-bond donors (Lipinski definition) is 2. The van der Waals surface area contributed by atoms with E-state index in [2.05, 4.69) is 19.2 Å². The second-order valence-electron chi connectivity index (χ2n) is 4.58. The fraction of sp³-hybridized carbons (Fsp3) is 1.00. The van der Waals surface area contributed by atoms with E-state index in [0.29, 0.717) is 12.1 Å². The summed E-state index contributed by atoms with van der Waals surface area (Å²) in [6, 6.07) is 0.980. The molecule has 1 aliphatic rings. The fourth-order valence-corrected chi connectivity index (χ4v) is 2.37. The van der Waals surface area contributed by atoms with Gasteiger partial charge in [0.15, 0.2) is 0 Å². The Hall–Kier alpha value is -0.0800. The summed E-state index contributed by atoms with van der Waals surface area (Å²) < 4.78 is 0. The molecule has 0 aromatic carbocycles. The van der Waals surface area contributed by atoms with Crippen molar-refractivity contribution < 1.29 is 5.11 Å². The van der Waals surface area contributed by atoms with Crippen LogP contribution in [0.4, 0.5) is 0 Å². The van der Waals surface area contributed by atoms with Crippen LogP contribution in [0.2, 0.25) is 0 Å². The molecule has 2 heteroatoms. The molecule has 0 aromatic rings. The van der Waals surface area contributed by atoms with Crippen molar-refractivity contribution >= 4 is 0 Å². The number of aliphatic hydroxyl groups is 1. The van der Waals surface area contributed by atoms with E-state index in [1.165, 1.54) is 32.1 Å². The van der Waals surface area contributed by atoms with E-state index in [1.807, 2.05) is 0 Å². The van der Waals surface area contributed by atoms with E-state index >= 15 is 0 Å². The minimum Gasteiger partial charge on any atom is -0.395 e. The zero-order chi connectivity index (χ0) is 10.4. The molecule has 0 heterocycles. The van der Waals surface area contributed by atoms with Gasteiger partial charge in [-0.25, -0.2) is 0 Å². The molecule has 1 unspecified atom stereocenters. The fourth-order valence-electron chi connectivity index (χ4n) is 2.37. The lowest BCUT2D eigenvalue weighted by molar-refractivity contribution is 0.203. The first-order chi connectivity index (χ1) is 6.80. The second-order valence-corrected chi connectivity index (χ2v) is 4.58. The molecule has 1 atom stereocenters. The number of hydrogen-bond acceptors (Lipinski definition) is 2. The lowest BCUT2D eigenvalue weighted by Crippen LogP contribution is -2.42. The zero-order valence-corrected chi connectivity index (χ0v) is 9.63. The second kappa shape index (κ2) is 6.41. The smallest absolute Gasteiger partial charge is 0.0584 e. The first-order valence-corrected chi connectivity index (χ1v) is 6.17. The number of aliphatic hydroxyl groups excluding tert-OH is 1. The van der Waals surface area contributed by atoms with Gasteiger partial charge in [0.2, 0.25) is 0 Å².